The van der Waals surface area contributed by atoms with Crippen LogP contribution < -0.4 is 10.6 Å². The Hall–Kier alpha value is -2.10. The van der Waals surface area contributed by atoms with Crippen molar-refractivity contribution < 1.29 is 14.4 Å². The molecule has 0 bridgehead atoms. The van der Waals surface area contributed by atoms with Crippen LogP contribution >= 0.6 is 0 Å². The van der Waals surface area contributed by atoms with Crippen LogP contribution in [0.5, 0.6) is 0 Å². The van der Waals surface area contributed by atoms with Crippen LogP contribution in [-0.2, 0) is 9.59 Å². The number of carbonyl (C=O) groups is 3. The molecule has 0 unspecified atom stereocenters. The zero-order chi connectivity index (χ0) is 18.1. The van der Waals surface area contributed by atoms with Crippen LogP contribution in [0.3, 0.4) is 0 Å². The zero-order valence-electron chi connectivity index (χ0n) is 14.8. The molecule has 4 amide bonds. The third-order valence-corrected chi connectivity index (χ3v) is 6.10. The third-order valence-electron chi connectivity index (χ3n) is 6.10. The smallest absolute Gasteiger partial charge is 0.325 e. The lowest BCUT2D eigenvalue weighted by molar-refractivity contribution is -0.137. The van der Waals surface area contributed by atoms with E-state index in [9.17, 15) is 19.6 Å². The second kappa shape index (κ2) is 6.66. The molecule has 2 N–H and O–H groups in total. The Kier molecular flexibility index (Phi) is 4.72. The maximum absolute atomic E-state index is 12.9. The van der Waals surface area contributed by atoms with Crippen molar-refractivity contribution >= 4 is 17.8 Å². The summed E-state index contributed by atoms with van der Waals surface area (Å²) in [6.07, 6.45) is 7.57. The summed E-state index contributed by atoms with van der Waals surface area (Å²) in [5, 5.41) is 15.1. The maximum atomic E-state index is 12.9. The molecule has 1 aliphatic heterocycles. The molecule has 1 saturated heterocycles. The molecule has 25 heavy (non-hydrogen) atoms. The number of amides is 4. The van der Waals surface area contributed by atoms with E-state index >= 15 is 0 Å². The van der Waals surface area contributed by atoms with Crippen molar-refractivity contribution in [3.05, 3.63) is 0 Å². The number of nitrogens with one attached hydrogen (secondary N) is 2. The van der Waals surface area contributed by atoms with E-state index in [4.69, 9.17) is 0 Å². The molecule has 1 spiro atoms. The minimum absolute atomic E-state index is 0.0644. The van der Waals surface area contributed by atoms with Crippen LogP contribution in [0.2, 0.25) is 0 Å². The standard InChI is InChI=1S/C18H26N4O3/c1-13-7-3-6-10-18(13)15(24)22(16(25)21-18)11-14(23)20-17(12-19)8-4-2-5-9-17/h13H,2-11H2,1H3,(H,20,23)(H,21,25)/t13-,18-/m1/s1. The molecule has 2 atom stereocenters. The van der Waals surface area contributed by atoms with E-state index in [2.05, 4.69) is 16.7 Å². The van der Waals surface area contributed by atoms with Gasteiger partial charge in [0, 0.05) is 0 Å². The highest BCUT2D eigenvalue weighted by Gasteiger charge is 2.55. The number of carbonyl (C=O) groups excluding carboxylic acids is 3. The molecule has 2 saturated carbocycles. The molecule has 3 aliphatic rings. The SMILES string of the molecule is C[C@@H]1CCCC[C@@]12NC(=O)N(CC(=O)NC1(C#N)CCCCC1)C2=O. The normalized spacial score (nSPS) is 31.5. The highest BCUT2D eigenvalue weighted by molar-refractivity contribution is 6.09. The Balaban J connectivity index is 1.68. The molecule has 2 aliphatic carbocycles. The van der Waals surface area contributed by atoms with Gasteiger partial charge in [0.15, 0.2) is 0 Å². The van der Waals surface area contributed by atoms with E-state index in [1.54, 1.807) is 0 Å². The molecule has 136 valence electrons. The van der Waals surface area contributed by atoms with Crippen molar-refractivity contribution in [1.29, 1.82) is 5.26 Å². The molecular weight excluding hydrogens is 320 g/mol. The summed E-state index contributed by atoms with van der Waals surface area (Å²) in [5.74, 6) is -0.670. The highest BCUT2D eigenvalue weighted by Crippen LogP contribution is 2.38. The summed E-state index contributed by atoms with van der Waals surface area (Å²) in [7, 11) is 0. The average molecular weight is 346 g/mol. The van der Waals surface area contributed by atoms with Crippen molar-refractivity contribution in [3.63, 3.8) is 0 Å². The van der Waals surface area contributed by atoms with Crippen LogP contribution in [0.4, 0.5) is 4.79 Å². The summed E-state index contributed by atoms with van der Waals surface area (Å²) in [4.78, 5) is 38.7. The number of hydrogen-bond acceptors (Lipinski definition) is 4. The van der Waals surface area contributed by atoms with Gasteiger partial charge in [0.05, 0.1) is 6.07 Å². The van der Waals surface area contributed by atoms with Gasteiger partial charge in [-0.3, -0.25) is 14.5 Å². The van der Waals surface area contributed by atoms with Crippen LogP contribution in [0.15, 0.2) is 0 Å². The second-order valence-corrected chi connectivity index (χ2v) is 7.74. The number of nitriles is 1. The van der Waals surface area contributed by atoms with Gasteiger partial charge in [-0.1, -0.05) is 39.0 Å². The molecule has 3 rings (SSSR count). The van der Waals surface area contributed by atoms with Gasteiger partial charge in [0.25, 0.3) is 5.91 Å². The Labute approximate surface area is 148 Å². The molecule has 0 radical (unpaired) electrons. The Bertz CT molecular complexity index is 620. The van der Waals surface area contributed by atoms with Crippen LogP contribution in [0.25, 0.3) is 0 Å². The minimum atomic E-state index is -0.857. The number of hydrogen-bond donors (Lipinski definition) is 2. The number of imide groups is 1. The lowest BCUT2D eigenvalue weighted by atomic mass is 9.73. The molecule has 1 heterocycles. The first kappa shape index (κ1) is 17.7. The predicted octanol–water partition coefficient (Wildman–Crippen LogP) is 1.83. The van der Waals surface area contributed by atoms with Gasteiger partial charge >= 0.3 is 6.03 Å². The quantitative estimate of drug-likeness (QED) is 0.761. The van der Waals surface area contributed by atoms with Gasteiger partial charge in [-0.25, -0.2) is 4.79 Å². The molecule has 0 aromatic heterocycles. The fourth-order valence-corrected chi connectivity index (χ4v) is 4.51. The van der Waals surface area contributed by atoms with Crippen molar-refractivity contribution in [3.8, 4) is 6.07 Å². The Morgan fingerprint density at radius 2 is 1.92 bits per heavy atom. The Morgan fingerprint density at radius 3 is 2.56 bits per heavy atom. The molecule has 7 heteroatoms. The van der Waals surface area contributed by atoms with Crippen molar-refractivity contribution in [2.24, 2.45) is 5.92 Å². The van der Waals surface area contributed by atoms with Gasteiger partial charge in [0.2, 0.25) is 5.91 Å². The maximum Gasteiger partial charge on any atom is 0.325 e. The predicted molar refractivity (Wildman–Crippen MR) is 90.2 cm³/mol. The number of urea groups is 1. The highest BCUT2D eigenvalue weighted by atomic mass is 16.2. The summed E-state index contributed by atoms with van der Waals surface area (Å²) >= 11 is 0. The van der Waals surface area contributed by atoms with E-state index in [0.717, 1.165) is 43.4 Å². The van der Waals surface area contributed by atoms with E-state index in [1.807, 2.05) is 6.92 Å². The molecule has 3 fully saturated rings. The van der Waals surface area contributed by atoms with Gasteiger partial charge < -0.3 is 10.6 Å². The van der Waals surface area contributed by atoms with Crippen LogP contribution in [-0.4, -0.2) is 40.4 Å². The van der Waals surface area contributed by atoms with Gasteiger partial charge in [-0.15, -0.1) is 0 Å². The first-order chi connectivity index (χ1) is 11.9. The summed E-state index contributed by atoms with van der Waals surface area (Å²) in [6, 6.07) is 1.73. The van der Waals surface area contributed by atoms with Gasteiger partial charge in [-0.2, -0.15) is 5.26 Å². The van der Waals surface area contributed by atoms with Crippen molar-refractivity contribution in [1.82, 2.24) is 15.5 Å². The van der Waals surface area contributed by atoms with E-state index in [-0.39, 0.29) is 18.4 Å². The topological polar surface area (TPSA) is 102 Å². The average Bonchev–Trinajstić information content (AvgIpc) is 2.83. The van der Waals surface area contributed by atoms with Crippen molar-refractivity contribution in [2.45, 2.75) is 75.8 Å². The van der Waals surface area contributed by atoms with Crippen LogP contribution in [0, 0.1) is 17.2 Å². The fraction of sp³-hybridized carbons (Fsp3) is 0.778. The van der Waals surface area contributed by atoms with Crippen LogP contribution in [0.1, 0.15) is 64.7 Å². The lowest BCUT2D eigenvalue weighted by Crippen LogP contribution is -2.55. The third kappa shape index (κ3) is 3.10. The summed E-state index contributed by atoms with van der Waals surface area (Å²) < 4.78 is 0. The van der Waals surface area contributed by atoms with E-state index < -0.39 is 23.0 Å². The minimum Gasteiger partial charge on any atom is -0.336 e. The summed E-state index contributed by atoms with van der Waals surface area (Å²) in [6.45, 7) is 1.66. The largest absolute Gasteiger partial charge is 0.336 e. The number of rotatable bonds is 3. The monoisotopic (exact) mass is 346 g/mol. The van der Waals surface area contributed by atoms with Gasteiger partial charge in [0.1, 0.15) is 17.6 Å². The fourth-order valence-electron chi connectivity index (χ4n) is 4.51. The van der Waals surface area contributed by atoms with Crippen molar-refractivity contribution in [2.75, 3.05) is 6.54 Å². The molecular formula is C18H26N4O3. The summed E-state index contributed by atoms with van der Waals surface area (Å²) in [5.41, 5.74) is -1.71. The lowest BCUT2D eigenvalue weighted by Gasteiger charge is -2.37. The Morgan fingerprint density at radius 1 is 1.24 bits per heavy atom. The molecule has 0 aromatic rings. The first-order valence-electron chi connectivity index (χ1n) is 9.29. The van der Waals surface area contributed by atoms with Gasteiger partial charge in [-0.05, 0) is 31.6 Å². The number of nitrogens with zero attached hydrogens (tertiary/aromatic N) is 2. The second-order valence-electron chi connectivity index (χ2n) is 7.74. The zero-order valence-corrected chi connectivity index (χ0v) is 14.8. The van der Waals surface area contributed by atoms with E-state index in [1.165, 1.54) is 0 Å². The molecule has 0 aromatic carbocycles. The first-order valence-corrected chi connectivity index (χ1v) is 9.29. The van der Waals surface area contributed by atoms with E-state index in [0.29, 0.717) is 19.3 Å². The molecule has 7 nitrogen and oxygen atoms in total.